The molecule has 0 rings (SSSR count). The Morgan fingerprint density at radius 3 is 2.67 bits per heavy atom. The monoisotopic (exact) mass is 192 g/mol. The molecule has 5 heteroatoms. The molecule has 0 aromatic heterocycles. The number of carbonyl (C=O) groups is 2. The van der Waals surface area contributed by atoms with E-state index in [2.05, 4.69) is 4.74 Å². The van der Waals surface area contributed by atoms with Crippen LogP contribution in [0.5, 0.6) is 0 Å². The predicted molar refractivity (Wildman–Crippen MR) is 43.0 cm³/mol. The second kappa shape index (κ2) is 5.60. The SMILES string of the molecule is CC(/C=C/C(=O)O)OC(=O)CCl. The number of halogens is 1. The van der Waals surface area contributed by atoms with Crippen LogP contribution in [-0.2, 0) is 14.3 Å². The van der Waals surface area contributed by atoms with E-state index in [0.717, 1.165) is 6.08 Å². The molecule has 12 heavy (non-hydrogen) atoms. The van der Waals surface area contributed by atoms with Gasteiger partial charge < -0.3 is 9.84 Å². The number of ether oxygens (including phenoxy) is 1. The highest BCUT2D eigenvalue weighted by atomic mass is 35.5. The fourth-order valence-corrected chi connectivity index (χ4v) is 0.559. The molecule has 0 fully saturated rings. The summed E-state index contributed by atoms with van der Waals surface area (Å²) in [5.41, 5.74) is 0. The highest BCUT2D eigenvalue weighted by Crippen LogP contribution is 1.94. The molecule has 68 valence electrons. The molecule has 0 aromatic carbocycles. The second-order valence-corrected chi connectivity index (χ2v) is 2.29. The highest BCUT2D eigenvalue weighted by molar-refractivity contribution is 6.26. The predicted octanol–water partition coefficient (Wildman–Crippen LogP) is 0.798. The Balaban J connectivity index is 3.81. The number of carboxylic acids is 1. The van der Waals surface area contributed by atoms with Crippen LogP contribution in [0.3, 0.4) is 0 Å². The third-order valence-electron chi connectivity index (χ3n) is 0.936. The van der Waals surface area contributed by atoms with Gasteiger partial charge in [0.2, 0.25) is 0 Å². The van der Waals surface area contributed by atoms with E-state index in [4.69, 9.17) is 16.7 Å². The third-order valence-corrected chi connectivity index (χ3v) is 1.15. The number of rotatable bonds is 4. The Bertz CT molecular complexity index is 200. The topological polar surface area (TPSA) is 63.6 Å². The first-order valence-corrected chi connectivity index (χ1v) is 3.76. The molecule has 0 bridgehead atoms. The number of hydrogen-bond donors (Lipinski definition) is 1. The fourth-order valence-electron chi connectivity index (χ4n) is 0.496. The molecule has 0 radical (unpaired) electrons. The third kappa shape index (κ3) is 5.73. The van der Waals surface area contributed by atoms with E-state index in [9.17, 15) is 9.59 Å². The average Bonchev–Trinajstić information content (AvgIpc) is 2.00. The van der Waals surface area contributed by atoms with E-state index >= 15 is 0 Å². The van der Waals surface area contributed by atoms with Gasteiger partial charge in [-0.2, -0.15) is 0 Å². The van der Waals surface area contributed by atoms with Crippen molar-refractivity contribution in [3.63, 3.8) is 0 Å². The molecule has 0 spiro atoms. The Morgan fingerprint density at radius 2 is 2.25 bits per heavy atom. The molecular weight excluding hydrogens is 184 g/mol. The molecule has 1 unspecified atom stereocenters. The van der Waals surface area contributed by atoms with Crippen LogP contribution < -0.4 is 0 Å². The molecule has 0 heterocycles. The van der Waals surface area contributed by atoms with E-state index in [-0.39, 0.29) is 5.88 Å². The Hall–Kier alpha value is -1.03. The highest BCUT2D eigenvalue weighted by Gasteiger charge is 2.04. The lowest BCUT2D eigenvalue weighted by molar-refractivity contribution is -0.143. The molecule has 0 amide bonds. The summed E-state index contributed by atoms with van der Waals surface area (Å²) in [5, 5.41) is 8.20. The zero-order valence-electron chi connectivity index (χ0n) is 6.49. The van der Waals surface area contributed by atoms with Gasteiger partial charge in [-0.15, -0.1) is 11.6 Å². The first-order valence-electron chi connectivity index (χ1n) is 3.23. The van der Waals surface area contributed by atoms with Crippen LogP contribution in [-0.4, -0.2) is 29.0 Å². The number of aliphatic carboxylic acids is 1. The van der Waals surface area contributed by atoms with Crippen LogP contribution >= 0.6 is 11.6 Å². The van der Waals surface area contributed by atoms with Crippen LogP contribution in [0.2, 0.25) is 0 Å². The number of carboxylic acid groups (broad SMARTS) is 1. The van der Waals surface area contributed by atoms with Crippen molar-refractivity contribution in [1.82, 2.24) is 0 Å². The van der Waals surface area contributed by atoms with Gasteiger partial charge in [0.15, 0.2) is 0 Å². The zero-order valence-corrected chi connectivity index (χ0v) is 7.25. The van der Waals surface area contributed by atoms with Gasteiger partial charge in [0.25, 0.3) is 0 Å². The normalized spacial score (nSPS) is 12.8. The second-order valence-electron chi connectivity index (χ2n) is 2.03. The van der Waals surface area contributed by atoms with Crippen LogP contribution in [0.1, 0.15) is 6.92 Å². The summed E-state index contributed by atoms with van der Waals surface area (Å²) in [7, 11) is 0. The summed E-state index contributed by atoms with van der Waals surface area (Å²) in [5.74, 6) is -1.88. The van der Waals surface area contributed by atoms with Crippen molar-refractivity contribution in [1.29, 1.82) is 0 Å². The summed E-state index contributed by atoms with van der Waals surface area (Å²) < 4.78 is 4.63. The summed E-state index contributed by atoms with van der Waals surface area (Å²) >= 11 is 5.14. The van der Waals surface area contributed by atoms with E-state index in [1.807, 2.05) is 0 Å². The first kappa shape index (κ1) is 11.0. The van der Waals surface area contributed by atoms with Gasteiger partial charge in [0, 0.05) is 6.08 Å². The molecule has 0 saturated carbocycles. The quantitative estimate of drug-likeness (QED) is 0.407. The first-order chi connectivity index (χ1) is 5.56. The number of carbonyl (C=O) groups excluding carboxylic acids is 1. The summed E-state index contributed by atoms with van der Waals surface area (Å²) in [4.78, 5) is 20.5. The van der Waals surface area contributed by atoms with Crippen LogP contribution in [0.25, 0.3) is 0 Å². The molecule has 0 aliphatic heterocycles. The van der Waals surface area contributed by atoms with Crippen molar-refractivity contribution in [2.75, 3.05) is 5.88 Å². The van der Waals surface area contributed by atoms with E-state index in [0.29, 0.717) is 0 Å². The van der Waals surface area contributed by atoms with Gasteiger partial charge in [-0.1, -0.05) is 0 Å². The molecule has 1 atom stereocenters. The Kier molecular flexibility index (Phi) is 5.12. The maximum atomic E-state index is 10.5. The van der Waals surface area contributed by atoms with E-state index in [1.54, 1.807) is 6.92 Å². The lowest BCUT2D eigenvalue weighted by Gasteiger charge is -2.05. The molecule has 0 aromatic rings. The minimum Gasteiger partial charge on any atom is -0.478 e. The zero-order chi connectivity index (χ0) is 9.56. The number of alkyl halides is 1. The minimum absolute atomic E-state index is 0.231. The molecule has 0 aliphatic rings. The maximum Gasteiger partial charge on any atom is 0.328 e. The van der Waals surface area contributed by atoms with Crippen molar-refractivity contribution in [2.24, 2.45) is 0 Å². The largest absolute Gasteiger partial charge is 0.478 e. The average molecular weight is 193 g/mol. The van der Waals surface area contributed by atoms with Gasteiger partial charge in [0.05, 0.1) is 0 Å². The van der Waals surface area contributed by atoms with Crippen LogP contribution in [0.4, 0.5) is 0 Å². The molecule has 4 nitrogen and oxygen atoms in total. The molecule has 0 aliphatic carbocycles. The lowest BCUT2D eigenvalue weighted by atomic mass is 10.3. The fraction of sp³-hybridized carbons (Fsp3) is 0.429. The van der Waals surface area contributed by atoms with Crippen molar-refractivity contribution < 1.29 is 19.4 Å². The van der Waals surface area contributed by atoms with Crippen molar-refractivity contribution in [3.8, 4) is 0 Å². The Labute approximate surface area is 74.8 Å². The van der Waals surface area contributed by atoms with Gasteiger partial charge in [-0.3, -0.25) is 4.79 Å². The summed E-state index contributed by atoms with van der Waals surface area (Å²) in [6, 6.07) is 0. The van der Waals surface area contributed by atoms with Gasteiger partial charge in [0.1, 0.15) is 12.0 Å². The maximum absolute atomic E-state index is 10.5. The van der Waals surface area contributed by atoms with Crippen LogP contribution in [0.15, 0.2) is 12.2 Å². The number of hydrogen-bond acceptors (Lipinski definition) is 3. The molecule has 0 saturated heterocycles. The minimum atomic E-state index is -1.08. The number of esters is 1. The van der Waals surface area contributed by atoms with Gasteiger partial charge in [-0.25, -0.2) is 4.79 Å². The molecular formula is C7H9ClO4. The van der Waals surface area contributed by atoms with Crippen molar-refractivity contribution in [3.05, 3.63) is 12.2 Å². The standard InChI is InChI=1S/C7H9ClO4/c1-5(2-3-6(9)10)12-7(11)4-8/h2-3,5H,4H2,1H3,(H,9,10)/b3-2+. The van der Waals surface area contributed by atoms with Gasteiger partial charge >= 0.3 is 11.9 Å². The van der Waals surface area contributed by atoms with Crippen LogP contribution in [0, 0.1) is 0 Å². The van der Waals surface area contributed by atoms with Crippen molar-refractivity contribution >= 4 is 23.5 Å². The van der Waals surface area contributed by atoms with Gasteiger partial charge in [-0.05, 0) is 13.0 Å². The van der Waals surface area contributed by atoms with E-state index in [1.165, 1.54) is 6.08 Å². The smallest absolute Gasteiger partial charge is 0.328 e. The van der Waals surface area contributed by atoms with Crippen molar-refractivity contribution in [2.45, 2.75) is 13.0 Å². The lowest BCUT2D eigenvalue weighted by Crippen LogP contribution is -2.13. The van der Waals surface area contributed by atoms with E-state index < -0.39 is 18.0 Å². The summed E-state index contributed by atoms with van der Waals surface area (Å²) in [6.07, 6.45) is 1.60. The Morgan fingerprint density at radius 1 is 1.67 bits per heavy atom. The summed E-state index contributed by atoms with van der Waals surface area (Å²) in [6.45, 7) is 1.55. The molecule has 1 N–H and O–H groups in total.